The van der Waals surface area contributed by atoms with Gasteiger partial charge in [0.05, 0.1) is 18.7 Å². The quantitative estimate of drug-likeness (QED) is 0.804. The minimum atomic E-state index is -0.620. The summed E-state index contributed by atoms with van der Waals surface area (Å²) >= 11 is 0. The van der Waals surface area contributed by atoms with Crippen LogP contribution in [0.3, 0.4) is 0 Å². The van der Waals surface area contributed by atoms with Gasteiger partial charge in [-0.1, -0.05) is 0 Å². The number of carbonyl (C=O) groups is 1. The van der Waals surface area contributed by atoms with Gasteiger partial charge in [-0.3, -0.25) is 9.69 Å². The van der Waals surface area contributed by atoms with Gasteiger partial charge in [0.25, 0.3) is 0 Å². The maximum atomic E-state index is 12.3. The monoisotopic (exact) mass is 277 g/mol. The second-order valence-corrected chi connectivity index (χ2v) is 6.63. The third kappa shape index (κ3) is 2.55. The van der Waals surface area contributed by atoms with Crippen molar-refractivity contribution in [2.75, 3.05) is 6.54 Å². The highest BCUT2D eigenvalue weighted by molar-refractivity contribution is 5.79. The Hall–Kier alpha value is -1.12. The summed E-state index contributed by atoms with van der Waals surface area (Å²) in [6.45, 7) is 0.380. The van der Waals surface area contributed by atoms with Crippen LogP contribution in [-0.2, 0) is 4.79 Å². The van der Waals surface area contributed by atoms with E-state index in [0.717, 1.165) is 51.4 Å². The molecule has 5 heteroatoms. The lowest BCUT2D eigenvalue weighted by Crippen LogP contribution is -2.53. The molecule has 2 saturated heterocycles. The van der Waals surface area contributed by atoms with Crippen LogP contribution in [0.2, 0.25) is 0 Å². The molecule has 3 aliphatic rings. The van der Waals surface area contributed by atoms with Crippen molar-refractivity contribution in [3.8, 4) is 6.07 Å². The highest BCUT2D eigenvalue weighted by Crippen LogP contribution is 2.35. The highest BCUT2D eigenvalue weighted by Gasteiger charge is 2.42. The topological polar surface area (TPSA) is 76.4 Å². The number of fused-ring (bicyclic) bond motifs is 2. The first-order chi connectivity index (χ1) is 9.62. The SMILES string of the molecule is N#CC1(NC(=O)CN2C3CCC2CC(O)C3)CCCC1. The molecule has 3 rings (SSSR count). The number of aliphatic hydroxyl groups is 1. The van der Waals surface area contributed by atoms with Gasteiger partial charge < -0.3 is 10.4 Å². The van der Waals surface area contributed by atoms with Gasteiger partial charge in [-0.05, 0) is 51.4 Å². The number of nitrogens with zero attached hydrogens (tertiary/aromatic N) is 2. The van der Waals surface area contributed by atoms with Crippen LogP contribution < -0.4 is 5.32 Å². The maximum Gasteiger partial charge on any atom is 0.235 e. The third-order valence-corrected chi connectivity index (χ3v) is 5.24. The molecule has 2 N–H and O–H groups in total. The summed E-state index contributed by atoms with van der Waals surface area (Å²) in [4.78, 5) is 14.5. The molecule has 0 radical (unpaired) electrons. The predicted octanol–water partition coefficient (Wildman–Crippen LogP) is 0.927. The van der Waals surface area contributed by atoms with Crippen LogP contribution in [0.5, 0.6) is 0 Å². The van der Waals surface area contributed by atoms with Crippen molar-refractivity contribution in [3.63, 3.8) is 0 Å². The molecule has 20 heavy (non-hydrogen) atoms. The standard InChI is InChI=1S/C15H23N3O2/c16-10-15(5-1-2-6-15)17-14(20)9-18-11-3-4-12(18)8-13(19)7-11/h11-13,19H,1-9H2,(H,17,20). The van der Waals surface area contributed by atoms with E-state index in [-0.39, 0.29) is 12.0 Å². The van der Waals surface area contributed by atoms with Gasteiger partial charge in [0.2, 0.25) is 5.91 Å². The Morgan fingerprint density at radius 1 is 1.30 bits per heavy atom. The minimum Gasteiger partial charge on any atom is -0.393 e. The molecule has 2 heterocycles. The molecule has 5 nitrogen and oxygen atoms in total. The lowest BCUT2D eigenvalue weighted by molar-refractivity contribution is -0.125. The van der Waals surface area contributed by atoms with Gasteiger partial charge in [-0.2, -0.15) is 5.26 Å². The molecular formula is C15H23N3O2. The number of aliphatic hydroxyl groups excluding tert-OH is 1. The fourth-order valence-corrected chi connectivity index (χ4v) is 4.22. The zero-order chi connectivity index (χ0) is 14.2. The lowest BCUT2D eigenvalue weighted by Gasteiger charge is -2.37. The number of piperidine rings is 1. The van der Waals surface area contributed by atoms with Crippen molar-refractivity contribution < 1.29 is 9.90 Å². The Morgan fingerprint density at radius 3 is 2.45 bits per heavy atom. The average molecular weight is 277 g/mol. The van der Waals surface area contributed by atoms with Crippen LogP contribution in [0.25, 0.3) is 0 Å². The summed E-state index contributed by atoms with van der Waals surface area (Å²) in [5.74, 6) is -0.0262. The number of nitrogens with one attached hydrogen (secondary N) is 1. The van der Waals surface area contributed by atoms with Crippen LogP contribution in [0.4, 0.5) is 0 Å². The number of rotatable bonds is 3. The molecule has 2 aliphatic heterocycles. The summed E-state index contributed by atoms with van der Waals surface area (Å²) < 4.78 is 0. The summed E-state index contributed by atoms with van der Waals surface area (Å²) in [7, 11) is 0. The molecule has 3 fully saturated rings. The number of hydrogen-bond donors (Lipinski definition) is 2. The first kappa shape index (κ1) is 13.8. The largest absolute Gasteiger partial charge is 0.393 e. The van der Waals surface area contributed by atoms with E-state index < -0.39 is 5.54 Å². The number of nitriles is 1. The zero-order valence-electron chi connectivity index (χ0n) is 11.8. The van der Waals surface area contributed by atoms with Crippen LogP contribution >= 0.6 is 0 Å². The molecule has 110 valence electrons. The minimum absolute atomic E-state index is 0.0262. The van der Waals surface area contributed by atoms with Crippen molar-refractivity contribution in [1.82, 2.24) is 10.2 Å². The first-order valence-corrected chi connectivity index (χ1v) is 7.78. The molecule has 0 aromatic heterocycles. The molecule has 2 atom stereocenters. The summed E-state index contributed by atoms with van der Waals surface area (Å²) in [6, 6.07) is 2.99. The summed E-state index contributed by atoms with van der Waals surface area (Å²) in [6.07, 6.45) is 7.13. The molecule has 1 aliphatic carbocycles. The van der Waals surface area contributed by atoms with Gasteiger partial charge in [0.15, 0.2) is 0 Å². The molecule has 2 unspecified atom stereocenters. The van der Waals surface area contributed by atoms with E-state index in [4.69, 9.17) is 0 Å². The third-order valence-electron chi connectivity index (χ3n) is 5.24. The van der Waals surface area contributed by atoms with Crippen LogP contribution in [-0.4, -0.2) is 46.2 Å². The molecule has 0 aromatic rings. The average Bonchev–Trinajstić information content (AvgIpc) is 2.95. The number of hydrogen-bond acceptors (Lipinski definition) is 4. The van der Waals surface area contributed by atoms with Gasteiger partial charge >= 0.3 is 0 Å². The van der Waals surface area contributed by atoms with Gasteiger partial charge in [-0.25, -0.2) is 0 Å². The molecular weight excluding hydrogens is 254 g/mol. The summed E-state index contributed by atoms with van der Waals surface area (Å²) in [5.41, 5.74) is -0.620. The fourth-order valence-electron chi connectivity index (χ4n) is 4.22. The van der Waals surface area contributed by atoms with Crippen molar-refractivity contribution in [3.05, 3.63) is 0 Å². The Bertz CT molecular complexity index is 411. The van der Waals surface area contributed by atoms with Crippen LogP contribution in [0, 0.1) is 11.3 Å². The second kappa shape index (κ2) is 5.34. The molecule has 1 amide bonds. The van der Waals surface area contributed by atoms with Gasteiger partial charge in [0.1, 0.15) is 5.54 Å². The van der Waals surface area contributed by atoms with Gasteiger partial charge in [-0.15, -0.1) is 0 Å². The van der Waals surface area contributed by atoms with E-state index in [1.807, 2.05) is 0 Å². The summed E-state index contributed by atoms with van der Waals surface area (Å²) in [5, 5.41) is 22.1. The van der Waals surface area contributed by atoms with E-state index in [0.29, 0.717) is 18.6 Å². The smallest absolute Gasteiger partial charge is 0.235 e. The van der Waals surface area contributed by atoms with E-state index in [9.17, 15) is 15.2 Å². The van der Waals surface area contributed by atoms with Crippen molar-refractivity contribution in [1.29, 1.82) is 5.26 Å². The van der Waals surface area contributed by atoms with Crippen LogP contribution in [0.15, 0.2) is 0 Å². The lowest BCUT2D eigenvalue weighted by atomic mass is 9.98. The molecule has 1 saturated carbocycles. The fraction of sp³-hybridized carbons (Fsp3) is 0.867. The van der Waals surface area contributed by atoms with Crippen LogP contribution in [0.1, 0.15) is 51.4 Å². The Balaban J connectivity index is 1.58. The Labute approximate surface area is 119 Å². The normalized spacial score (nSPS) is 35.7. The Kier molecular flexibility index (Phi) is 3.70. The van der Waals surface area contributed by atoms with E-state index >= 15 is 0 Å². The van der Waals surface area contributed by atoms with Crippen molar-refractivity contribution >= 4 is 5.91 Å². The highest BCUT2D eigenvalue weighted by atomic mass is 16.3. The van der Waals surface area contributed by atoms with Crippen molar-refractivity contribution in [2.24, 2.45) is 0 Å². The number of amides is 1. The van der Waals surface area contributed by atoms with E-state index in [1.165, 1.54) is 0 Å². The molecule has 2 bridgehead atoms. The number of carbonyl (C=O) groups excluding carboxylic acids is 1. The maximum absolute atomic E-state index is 12.3. The van der Waals surface area contributed by atoms with E-state index in [1.54, 1.807) is 0 Å². The van der Waals surface area contributed by atoms with Gasteiger partial charge in [0, 0.05) is 12.1 Å². The zero-order valence-corrected chi connectivity index (χ0v) is 11.8. The second-order valence-electron chi connectivity index (χ2n) is 6.63. The first-order valence-electron chi connectivity index (χ1n) is 7.78. The predicted molar refractivity (Wildman–Crippen MR) is 73.7 cm³/mol. The molecule has 0 aromatic carbocycles. The van der Waals surface area contributed by atoms with E-state index in [2.05, 4.69) is 16.3 Å². The Morgan fingerprint density at radius 2 is 1.90 bits per heavy atom. The molecule has 0 spiro atoms. The van der Waals surface area contributed by atoms with Crippen molar-refractivity contribution in [2.45, 2.75) is 75.1 Å².